The van der Waals surface area contributed by atoms with E-state index in [4.69, 9.17) is 10.4 Å². The van der Waals surface area contributed by atoms with Crippen molar-refractivity contribution in [1.29, 1.82) is 5.26 Å². The summed E-state index contributed by atoms with van der Waals surface area (Å²) in [7, 11) is 1.41. The number of nitriles is 1. The Hall–Kier alpha value is -2.88. The van der Waals surface area contributed by atoms with Gasteiger partial charge in [0.15, 0.2) is 0 Å². The Bertz CT molecular complexity index is 577. The fourth-order valence-corrected chi connectivity index (χ4v) is 1.46. The molecular formula is C13H13N3O4. The summed E-state index contributed by atoms with van der Waals surface area (Å²) < 4.78 is 0. The second kappa shape index (κ2) is 6.89. The third-order valence-electron chi connectivity index (χ3n) is 2.50. The van der Waals surface area contributed by atoms with Crippen LogP contribution in [0.2, 0.25) is 0 Å². The van der Waals surface area contributed by atoms with Crippen molar-refractivity contribution < 1.29 is 19.5 Å². The highest BCUT2D eigenvalue weighted by atomic mass is 16.4. The summed E-state index contributed by atoms with van der Waals surface area (Å²) in [5.74, 6) is -1.80. The van der Waals surface area contributed by atoms with Crippen LogP contribution in [-0.2, 0) is 9.59 Å². The Balaban J connectivity index is 2.70. The second-order valence-corrected chi connectivity index (χ2v) is 3.94. The number of hydrogen-bond donors (Lipinski definition) is 2. The van der Waals surface area contributed by atoms with Gasteiger partial charge in [-0.3, -0.25) is 19.8 Å². The van der Waals surface area contributed by atoms with E-state index in [0.717, 1.165) is 4.90 Å². The maximum atomic E-state index is 11.8. The van der Waals surface area contributed by atoms with E-state index in [0.29, 0.717) is 11.3 Å². The minimum Gasteiger partial charge on any atom is -0.481 e. The third kappa shape index (κ3) is 4.10. The van der Waals surface area contributed by atoms with E-state index in [1.54, 1.807) is 24.3 Å². The zero-order valence-corrected chi connectivity index (χ0v) is 10.8. The molecule has 0 aliphatic carbocycles. The van der Waals surface area contributed by atoms with Gasteiger partial charge in [0.05, 0.1) is 17.7 Å². The fraction of sp³-hybridized carbons (Fsp3) is 0.231. The van der Waals surface area contributed by atoms with Crippen molar-refractivity contribution in [2.24, 2.45) is 0 Å². The Morgan fingerprint density at radius 1 is 1.30 bits per heavy atom. The summed E-state index contributed by atoms with van der Waals surface area (Å²) in [5.41, 5.74) is 0.654. The van der Waals surface area contributed by atoms with Crippen molar-refractivity contribution in [1.82, 2.24) is 5.32 Å². The quantitative estimate of drug-likeness (QED) is 0.854. The number of rotatable bonds is 4. The molecule has 0 saturated heterocycles. The predicted molar refractivity (Wildman–Crippen MR) is 70.0 cm³/mol. The SMILES string of the molecule is CN(C(=O)NC(=O)CCC(=O)O)c1ccccc1C#N. The molecule has 7 nitrogen and oxygen atoms in total. The van der Waals surface area contributed by atoms with E-state index < -0.39 is 17.9 Å². The average molecular weight is 275 g/mol. The van der Waals surface area contributed by atoms with Crippen LogP contribution in [0.5, 0.6) is 0 Å². The smallest absolute Gasteiger partial charge is 0.328 e. The number of carbonyl (C=O) groups is 3. The van der Waals surface area contributed by atoms with Crippen molar-refractivity contribution >= 4 is 23.6 Å². The van der Waals surface area contributed by atoms with Gasteiger partial charge in [-0.25, -0.2) is 4.79 Å². The van der Waals surface area contributed by atoms with E-state index in [9.17, 15) is 14.4 Å². The summed E-state index contributed by atoms with van der Waals surface area (Å²) in [6.07, 6.45) is -0.633. The Morgan fingerprint density at radius 3 is 2.55 bits per heavy atom. The highest BCUT2D eigenvalue weighted by Crippen LogP contribution is 2.17. The summed E-state index contributed by atoms with van der Waals surface area (Å²) in [6, 6.07) is 7.65. The largest absolute Gasteiger partial charge is 0.481 e. The highest BCUT2D eigenvalue weighted by molar-refractivity contribution is 6.03. The van der Waals surface area contributed by atoms with E-state index in [-0.39, 0.29) is 12.8 Å². The number of hydrogen-bond acceptors (Lipinski definition) is 4. The molecule has 3 amide bonds. The lowest BCUT2D eigenvalue weighted by Crippen LogP contribution is -2.41. The van der Waals surface area contributed by atoms with Gasteiger partial charge in [0.25, 0.3) is 0 Å². The topological polar surface area (TPSA) is 110 Å². The summed E-state index contributed by atoms with van der Waals surface area (Å²) in [5, 5.41) is 19.4. The number of para-hydroxylation sites is 1. The van der Waals surface area contributed by atoms with Crippen molar-refractivity contribution in [3.8, 4) is 6.07 Å². The van der Waals surface area contributed by atoms with Crippen LogP contribution in [0.25, 0.3) is 0 Å². The first-order chi connectivity index (χ1) is 9.45. The molecule has 0 saturated carbocycles. The third-order valence-corrected chi connectivity index (χ3v) is 2.50. The lowest BCUT2D eigenvalue weighted by atomic mass is 10.2. The molecule has 0 aromatic heterocycles. The standard InChI is InChI=1S/C13H13N3O4/c1-16(10-5-3-2-4-9(10)8-14)13(20)15-11(17)6-7-12(18)19/h2-5H,6-7H2,1H3,(H,18,19)(H,15,17,20). The van der Waals surface area contributed by atoms with Gasteiger partial charge in [0.1, 0.15) is 6.07 Å². The fourth-order valence-electron chi connectivity index (χ4n) is 1.46. The van der Waals surface area contributed by atoms with E-state index >= 15 is 0 Å². The monoisotopic (exact) mass is 275 g/mol. The first kappa shape index (κ1) is 15.2. The molecule has 1 rings (SSSR count). The zero-order valence-electron chi connectivity index (χ0n) is 10.8. The van der Waals surface area contributed by atoms with Gasteiger partial charge in [0, 0.05) is 13.5 Å². The van der Waals surface area contributed by atoms with E-state index in [2.05, 4.69) is 5.32 Å². The molecule has 0 bridgehead atoms. The maximum absolute atomic E-state index is 11.8. The Labute approximate surface area is 115 Å². The molecule has 20 heavy (non-hydrogen) atoms. The van der Waals surface area contributed by atoms with Gasteiger partial charge in [-0.05, 0) is 12.1 Å². The lowest BCUT2D eigenvalue weighted by molar-refractivity contribution is -0.138. The number of carboxylic acid groups (broad SMARTS) is 1. The van der Waals surface area contributed by atoms with Crippen molar-refractivity contribution in [2.45, 2.75) is 12.8 Å². The number of amides is 3. The normalized spacial score (nSPS) is 9.40. The number of anilines is 1. The lowest BCUT2D eigenvalue weighted by Gasteiger charge is -2.18. The molecule has 0 aliphatic heterocycles. The Morgan fingerprint density at radius 2 is 1.95 bits per heavy atom. The molecule has 2 N–H and O–H groups in total. The van der Waals surface area contributed by atoms with E-state index in [1.165, 1.54) is 7.05 Å². The molecular weight excluding hydrogens is 262 g/mol. The first-order valence-electron chi connectivity index (χ1n) is 5.74. The number of carbonyl (C=O) groups excluding carboxylic acids is 2. The molecule has 0 radical (unpaired) electrons. The number of nitrogens with one attached hydrogen (secondary N) is 1. The molecule has 104 valence electrons. The zero-order chi connectivity index (χ0) is 15.1. The van der Waals surface area contributed by atoms with Crippen LogP contribution >= 0.6 is 0 Å². The summed E-state index contributed by atoms with van der Waals surface area (Å²) in [6.45, 7) is 0. The van der Waals surface area contributed by atoms with E-state index in [1.807, 2.05) is 6.07 Å². The van der Waals surface area contributed by atoms with Gasteiger partial charge in [0.2, 0.25) is 5.91 Å². The molecule has 0 unspecified atom stereocenters. The van der Waals surface area contributed by atoms with Crippen molar-refractivity contribution in [2.75, 3.05) is 11.9 Å². The van der Waals surface area contributed by atoms with Crippen LogP contribution in [0.4, 0.5) is 10.5 Å². The Kier molecular flexibility index (Phi) is 5.23. The molecule has 0 heterocycles. The average Bonchev–Trinajstić information content (AvgIpc) is 2.44. The number of nitrogens with zero attached hydrogens (tertiary/aromatic N) is 2. The number of aliphatic carboxylic acids is 1. The second-order valence-electron chi connectivity index (χ2n) is 3.94. The van der Waals surface area contributed by atoms with Crippen molar-refractivity contribution in [3.63, 3.8) is 0 Å². The molecule has 0 aliphatic rings. The van der Waals surface area contributed by atoms with Gasteiger partial charge in [-0.2, -0.15) is 5.26 Å². The molecule has 7 heteroatoms. The molecule has 1 aromatic carbocycles. The van der Waals surface area contributed by atoms with Crippen LogP contribution < -0.4 is 10.2 Å². The van der Waals surface area contributed by atoms with Gasteiger partial charge in [-0.15, -0.1) is 0 Å². The molecule has 0 fully saturated rings. The van der Waals surface area contributed by atoms with Crippen LogP contribution in [0, 0.1) is 11.3 Å². The molecule has 0 spiro atoms. The minimum absolute atomic E-state index is 0.283. The number of carboxylic acids is 1. The number of urea groups is 1. The first-order valence-corrected chi connectivity index (χ1v) is 5.74. The van der Waals surface area contributed by atoms with Crippen LogP contribution in [0.1, 0.15) is 18.4 Å². The van der Waals surface area contributed by atoms with Crippen molar-refractivity contribution in [3.05, 3.63) is 29.8 Å². The molecule has 1 aromatic rings. The van der Waals surface area contributed by atoms with Crippen LogP contribution in [0.15, 0.2) is 24.3 Å². The van der Waals surface area contributed by atoms with Gasteiger partial charge in [-0.1, -0.05) is 12.1 Å². The summed E-state index contributed by atoms with van der Waals surface area (Å²) >= 11 is 0. The summed E-state index contributed by atoms with van der Waals surface area (Å²) in [4.78, 5) is 34.6. The van der Waals surface area contributed by atoms with Crippen LogP contribution in [0.3, 0.4) is 0 Å². The number of imide groups is 1. The molecule has 0 atom stereocenters. The highest BCUT2D eigenvalue weighted by Gasteiger charge is 2.17. The van der Waals surface area contributed by atoms with Gasteiger partial charge < -0.3 is 5.11 Å². The number of benzene rings is 1. The van der Waals surface area contributed by atoms with Crippen LogP contribution in [-0.4, -0.2) is 30.1 Å². The predicted octanol–water partition coefficient (Wildman–Crippen LogP) is 1.10. The minimum atomic E-state index is -1.12. The van der Waals surface area contributed by atoms with Gasteiger partial charge >= 0.3 is 12.0 Å². The maximum Gasteiger partial charge on any atom is 0.328 e.